The van der Waals surface area contributed by atoms with Crippen LogP contribution in [0.2, 0.25) is 0 Å². The Morgan fingerprint density at radius 3 is 1.98 bits per heavy atom. The van der Waals surface area contributed by atoms with Gasteiger partial charge in [0, 0.05) is 24.0 Å². The summed E-state index contributed by atoms with van der Waals surface area (Å²) in [4.78, 5) is 2.58. The Labute approximate surface area is 281 Å². The van der Waals surface area contributed by atoms with Crippen LogP contribution in [0.4, 0.5) is 11.4 Å². The van der Waals surface area contributed by atoms with Crippen molar-refractivity contribution in [2.75, 3.05) is 12.0 Å². The summed E-state index contributed by atoms with van der Waals surface area (Å²) in [5, 5.41) is 10.4. The van der Waals surface area contributed by atoms with Crippen LogP contribution >= 0.6 is 0 Å². The molecule has 1 saturated carbocycles. The minimum absolute atomic E-state index is 0.164. The topological polar surface area (TPSA) is 12.5 Å². The molecule has 1 aliphatic heterocycles. The molecule has 2 nitrogen and oxygen atoms in total. The molecule has 2 atom stereocenters. The van der Waals surface area contributed by atoms with Crippen molar-refractivity contribution in [1.82, 2.24) is 0 Å². The molecule has 0 amide bonds. The van der Waals surface area contributed by atoms with E-state index in [2.05, 4.69) is 151 Å². The zero-order valence-electron chi connectivity index (χ0n) is 27.5. The molecule has 10 rings (SSSR count). The van der Waals surface area contributed by atoms with E-state index in [9.17, 15) is 0 Å². The molecule has 1 heterocycles. The average molecular weight is 620 g/mol. The summed E-state index contributed by atoms with van der Waals surface area (Å²) in [5.74, 6) is 0. The van der Waals surface area contributed by atoms with Gasteiger partial charge >= 0.3 is 0 Å². The summed E-state index contributed by atoms with van der Waals surface area (Å²) >= 11 is 0. The van der Waals surface area contributed by atoms with Crippen LogP contribution in [0.25, 0.3) is 65.3 Å². The second-order valence-corrected chi connectivity index (χ2v) is 14.1. The van der Waals surface area contributed by atoms with E-state index in [0.717, 1.165) is 12.8 Å². The van der Waals surface area contributed by atoms with E-state index in [0.29, 0.717) is 0 Å². The molecular weight excluding hydrogens is 583 g/mol. The van der Waals surface area contributed by atoms with E-state index in [1.807, 2.05) is 7.11 Å². The van der Waals surface area contributed by atoms with E-state index in [1.54, 1.807) is 0 Å². The highest BCUT2D eigenvalue weighted by Crippen LogP contribution is 2.61. The van der Waals surface area contributed by atoms with Gasteiger partial charge in [0.15, 0.2) is 0 Å². The van der Waals surface area contributed by atoms with Crippen molar-refractivity contribution in [2.24, 2.45) is 0 Å². The molecular formula is C46H37NO. The lowest BCUT2D eigenvalue weighted by Gasteiger charge is -2.50. The van der Waals surface area contributed by atoms with Gasteiger partial charge in [-0.25, -0.2) is 0 Å². The van der Waals surface area contributed by atoms with Crippen molar-refractivity contribution in [3.63, 3.8) is 0 Å². The molecule has 8 aromatic carbocycles. The van der Waals surface area contributed by atoms with Crippen LogP contribution in [0.3, 0.4) is 0 Å². The number of benzene rings is 8. The first kappa shape index (κ1) is 27.9. The monoisotopic (exact) mass is 619 g/mol. The van der Waals surface area contributed by atoms with Gasteiger partial charge in [0.25, 0.3) is 0 Å². The molecule has 8 aromatic rings. The highest BCUT2D eigenvalue weighted by Gasteiger charge is 2.61. The number of nitrogens with zero attached hydrogens (tertiary/aromatic N) is 1. The molecule has 0 bridgehead atoms. The number of ether oxygens (including phenoxy) is 1. The Bertz CT molecular complexity index is 2530. The van der Waals surface area contributed by atoms with Gasteiger partial charge in [0.2, 0.25) is 0 Å². The zero-order valence-corrected chi connectivity index (χ0v) is 27.5. The highest BCUT2D eigenvalue weighted by molar-refractivity contribution is 6.28. The number of methoxy groups -OCH3 is 1. The number of hydrogen-bond donors (Lipinski definition) is 0. The van der Waals surface area contributed by atoms with Crippen molar-refractivity contribution in [3.8, 4) is 22.3 Å². The second kappa shape index (κ2) is 10.2. The average Bonchev–Trinajstić information content (AvgIpc) is 3.38. The van der Waals surface area contributed by atoms with Gasteiger partial charge in [-0.05, 0) is 109 Å². The van der Waals surface area contributed by atoms with Crippen molar-refractivity contribution >= 4 is 54.5 Å². The van der Waals surface area contributed by atoms with Crippen LogP contribution in [0.15, 0.2) is 140 Å². The fraction of sp³-hybridized carbons (Fsp3) is 0.174. The summed E-state index contributed by atoms with van der Waals surface area (Å²) in [6, 6.07) is 52.0. The van der Waals surface area contributed by atoms with Crippen LogP contribution in [-0.4, -0.2) is 12.6 Å². The normalized spacial score (nSPS) is 20.6. The van der Waals surface area contributed by atoms with Crippen LogP contribution in [-0.2, 0) is 10.3 Å². The Morgan fingerprint density at radius 1 is 0.542 bits per heavy atom. The third kappa shape index (κ3) is 3.61. The summed E-state index contributed by atoms with van der Waals surface area (Å²) in [6.07, 6.45) is 4.50. The van der Waals surface area contributed by atoms with Gasteiger partial charge in [-0.2, -0.15) is 0 Å². The third-order valence-corrected chi connectivity index (χ3v) is 11.9. The van der Waals surface area contributed by atoms with Gasteiger partial charge in [-0.15, -0.1) is 0 Å². The number of para-hydroxylation sites is 1. The molecule has 2 aliphatic rings. The molecule has 1 aliphatic carbocycles. The van der Waals surface area contributed by atoms with Crippen LogP contribution in [0, 0.1) is 0 Å². The number of fused-ring (bicyclic) bond motifs is 4. The largest absolute Gasteiger partial charge is 0.371 e. The molecule has 0 N–H and O–H groups in total. The molecule has 0 radical (unpaired) electrons. The Morgan fingerprint density at radius 2 is 1.19 bits per heavy atom. The molecule has 0 spiro atoms. The summed E-state index contributed by atoms with van der Waals surface area (Å²) < 4.78 is 6.70. The first-order valence-corrected chi connectivity index (χ1v) is 17.4. The van der Waals surface area contributed by atoms with E-state index in [1.165, 1.54) is 95.1 Å². The molecule has 0 aromatic heterocycles. The molecule has 2 unspecified atom stereocenters. The second-order valence-electron chi connectivity index (χ2n) is 14.1. The Hall–Kier alpha value is -5.18. The van der Waals surface area contributed by atoms with E-state index < -0.39 is 0 Å². The fourth-order valence-electron chi connectivity index (χ4n) is 9.70. The minimum Gasteiger partial charge on any atom is -0.371 e. The Balaban J connectivity index is 1.20. The predicted molar refractivity (Wildman–Crippen MR) is 203 cm³/mol. The molecule has 48 heavy (non-hydrogen) atoms. The van der Waals surface area contributed by atoms with Gasteiger partial charge in [-0.3, -0.25) is 0 Å². The maximum absolute atomic E-state index is 6.70. The molecule has 2 heteroatoms. The predicted octanol–water partition coefficient (Wildman–Crippen LogP) is 12.4. The highest BCUT2D eigenvalue weighted by atomic mass is 16.5. The maximum atomic E-state index is 6.70. The van der Waals surface area contributed by atoms with Gasteiger partial charge in [-0.1, -0.05) is 128 Å². The fourth-order valence-corrected chi connectivity index (χ4v) is 9.70. The lowest BCUT2D eigenvalue weighted by molar-refractivity contribution is -0.0871. The quantitative estimate of drug-likeness (QED) is 0.182. The van der Waals surface area contributed by atoms with E-state index in [4.69, 9.17) is 4.74 Å². The lowest BCUT2D eigenvalue weighted by Crippen LogP contribution is -2.57. The third-order valence-electron chi connectivity index (χ3n) is 11.9. The standard InChI is InChI=1S/C46H37NO/c1-45-27-8-9-28-46(45,48-2)41-29-33(21-26-42(41)47(45)34-13-4-3-5-14-34)36-22-17-31-20-25-40-38(23-18-32-19-24-39(36)43(31)44(32)40)37-16-10-12-30-11-6-7-15-35(30)37/h3-7,10-26,29H,8-9,27-28H2,1-2H3. The molecule has 1 fully saturated rings. The zero-order chi connectivity index (χ0) is 32.0. The number of hydrogen-bond acceptors (Lipinski definition) is 2. The maximum Gasteiger partial charge on any atom is 0.118 e. The Kier molecular flexibility index (Phi) is 5.90. The smallest absolute Gasteiger partial charge is 0.118 e. The first-order chi connectivity index (χ1) is 23.6. The minimum atomic E-state index is -0.371. The van der Waals surface area contributed by atoms with Gasteiger partial charge < -0.3 is 9.64 Å². The van der Waals surface area contributed by atoms with E-state index >= 15 is 0 Å². The first-order valence-electron chi connectivity index (χ1n) is 17.4. The summed E-state index contributed by atoms with van der Waals surface area (Å²) in [5.41, 5.74) is 8.39. The number of anilines is 2. The van der Waals surface area contributed by atoms with Gasteiger partial charge in [0.1, 0.15) is 5.60 Å². The summed E-state index contributed by atoms with van der Waals surface area (Å²) in [6.45, 7) is 2.42. The lowest BCUT2D eigenvalue weighted by atomic mass is 9.68. The van der Waals surface area contributed by atoms with Crippen molar-refractivity contribution in [1.29, 1.82) is 0 Å². The van der Waals surface area contributed by atoms with Crippen molar-refractivity contribution in [3.05, 3.63) is 145 Å². The SMILES string of the molecule is COC12CCCCC1(C)N(c1ccccc1)c1ccc(-c3ccc4ccc5c(-c6cccc7ccccc67)ccc6ccc3c4c65)cc12. The van der Waals surface area contributed by atoms with Gasteiger partial charge in [0.05, 0.1) is 5.54 Å². The molecule has 232 valence electrons. The van der Waals surface area contributed by atoms with Crippen molar-refractivity contribution in [2.45, 2.75) is 43.7 Å². The van der Waals surface area contributed by atoms with Crippen LogP contribution in [0.5, 0.6) is 0 Å². The van der Waals surface area contributed by atoms with Crippen LogP contribution < -0.4 is 4.90 Å². The van der Waals surface area contributed by atoms with E-state index in [-0.39, 0.29) is 11.1 Å². The molecule has 0 saturated heterocycles. The summed E-state index contributed by atoms with van der Waals surface area (Å²) in [7, 11) is 1.93. The number of rotatable bonds is 4. The van der Waals surface area contributed by atoms with Crippen molar-refractivity contribution < 1.29 is 4.74 Å². The van der Waals surface area contributed by atoms with Crippen LogP contribution in [0.1, 0.15) is 38.2 Å².